The van der Waals surface area contributed by atoms with Gasteiger partial charge in [-0.2, -0.15) is 0 Å². The molecule has 3 heteroatoms. The molecule has 2 N–H and O–H groups in total. The minimum atomic E-state index is 0.283. The molecule has 0 radical (unpaired) electrons. The number of nitrogens with zero attached hydrogens (tertiary/aromatic N) is 1. The van der Waals surface area contributed by atoms with E-state index >= 15 is 0 Å². The molecule has 0 spiro atoms. The number of fused-ring (bicyclic) bond motifs is 5. The van der Waals surface area contributed by atoms with Gasteiger partial charge in [-0.3, -0.25) is 4.98 Å². The molecule has 2 aromatic heterocycles. The number of hydrogen-bond donors (Lipinski definition) is 2. The third kappa shape index (κ3) is 2.15. The lowest BCUT2D eigenvalue weighted by atomic mass is 9.77. The van der Waals surface area contributed by atoms with Crippen molar-refractivity contribution in [2.45, 2.75) is 25.3 Å². The van der Waals surface area contributed by atoms with Crippen molar-refractivity contribution in [1.82, 2.24) is 9.97 Å². The molecule has 0 fully saturated rings. The first-order valence-corrected chi connectivity index (χ1v) is 8.18. The third-order valence-electron chi connectivity index (χ3n) is 4.93. The molecular weight excluding hydrogens is 282 g/mol. The maximum absolute atomic E-state index is 4.61. The summed E-state index contributed by atoms with van der Waals surface area (Å²) in [5.41, 5.74) is 5.88. The Balaban J connectivity index is 1.87. The Labute approximate surface area is 136 Å². The number of aromatic amines is 1. The van der Waals surface area contributed by atoms with E-state index in [1.54, 1.807) is 0 Å². The van der Waals surface area contributed by atoms with E-state index in [1.165, 1.54) is 16.8 Å². The van der Waals surface area contributed by atoms with E-state index in [1.807, 2.05) is 24.5 Å². The van der Waals surface area contributed by atoms with Crippen LogP contribution in [-0.2, 0) is 0 Å². The lowest BCUT2D eigenvalue weighted by Gasteiger charge is -2.38. The van der Waals surface area contributed by atoms with Gasteiger partial charge in [0.05, 0.1) is 22.8 Å². The molecule has 2 aliphatic rings. The first-order chi connectivity index (χ1) is 11.3. The first kappa shape index (κ1) is 14.1. The van der Waals surface area contributed by atoms with E-state index in [0.717, 1.165) is 17.5 Å². The van der Waals surface area contributed by atoms with Crippen molar-refractivity contribution >= 4 is 16.7 Å². The van der Waals surface area contributed by atoms with E-state index in [4.69, 9.17) is 0 Å². The van der Waals surface area contributed by atoms with E-state index in [9.17, 15) is 0 Å². The van der Waals surface area contributed by atoms with E-state index in [0.29, 0.717) is 11.8 Å². The molecule has 0 aromatic carbocycles. The van der Waals surface area contributed by atoms with Gasteiger partial charge in [-0.15, -0.1) is 0 Å². The van der Waals surface area contributed by atoms with Crippen molar-refractivity contribution in [2.75, 3.05) is 5.32 Å². The van der Waals surface area contributed by atoms with Crippen LogP contribution in [0.15, 0.2) is 67.1 Å². The summed E-state index contributed by atoms with van der Waals surface area (Å²) in [6.45, 7) is 5.94. The number of aromatic nitrogens is 2. The van der Waals surface area contributed by atoms with Gasteiger partial charge in [0.25, 0.3) is 0 Å². The first-order valence-electron chi connectivity index (χ1n) is 8.18. The molecule has 23 heavy (non-hydrogen) atoms. The minimum Gasteiger partial charge on any atom is -0.376 e. The molecule has 1 aliphatic heterocycles. The lowest BCUT2D eigenvalue weighted by molar-refractivity contribution is 0.455. The number of nitrogens with one attached hydrogen (secondary N) is 2. The van der Waals surface area contributed by atoms with Crippen LogP contribution in [0.4, 0.5) is 5.69 Å². The molecular formula is C20H21N3. The van der Waals surface area contributed by atoms with Crippen LogP contribution in [0.5, 0.6) is 0 Å². The van der Waals surface area contributed by atoms with Gasteiger partial charge in [0.1, 0.15) is 0 Å². The van der Waals surface area contributed by atoms with Crippen molar-refractivity contribution in [1.29, 1.82) is 0 Å². The van der Waals surface area contributed by atoms with Crippen molar-refractivity contribution in [3.8, 4) is 0 Å². The third-order valence-corrected chi connectivity index (χ3v) is 4.93. The fourth-order valence-corrected chi connectivity index (χ4v) is 3.96. The largest absolute Gasteiger partial charge is 0.376 e. The van der Waals surface area contributed by atoms with E-state index in [-0.39, 0.29) is 6.04 Å². The fraction of sp³-hybridized carbons (Fsp3) is 0.250. The quantitative estimate of drug-likeness (QED) is 0.637. The van der Waals surface area contributed by atoms with Gasteiger partial charge in [-0.05, 0) is 30.9 Å². The van der Waals surface area contributed by atoms with Crippen LogP contribution < -0.4 is 5.32 Å². The van der Waals surface area contributed by atoms with Gasteiger partial charge in [-0.25, -0.2) is 0 Å². The van der Waals surface area contributed by atoms with Gasteiger partial charge in [0.2, 0.25) is 0 Å². The highest BCUT2D eigenvalue weighted by Gasteiger charge is 2.39. The molecule has 3 heterocycles. The van der Waals surface area contributed by atoms with Crippen LogP contribution in [0.2, 0.25) is 0 Å². The predicted octanol–water partition coefficient (Wildman–Crippen LogP) is 4.71. The van der Waals surface area contributed by atoms with Gasteiger partial charge >= 0.3 is 0 Å². The fourth-order valence-electron chi connectivity index (χ4n) is 3.96. The number of anilines is 1. The Kier molecular flexibility index (Phi) is 3.41. The predicted molar refractivity (Wildman–Crippen MR) is 96.6 cm³/mol. The summed E-state index contributed by atoms with van der Waals surface area (Å²) in [5.74, 6) is 0.953. The zero-order valence-electron chi connectivity index (χ0n) is 13.3. The Morgan fingerprint density at radius 1 is 1.43 bits per heavy atom. The Hall–Kier alpha value is -2.55. The van der Waals surface area contributed by atoms with Gasteiger partial charge in [0, 0.05) is 23.9 Å². The number of allylic oxidation sites excluding steroid dienone is 5. The summed E-state index contributed by atoms with van der Waals surface area (Å²) in [6.07, 6.45) is 18.0. The average Bonchev–Trinajstić information content (AvgIpc) is 3.22. The molecule has 1 aliphatic carbocycles. The second-order valence-electron chi connectivity index (χ2n) is 6.20. The zero-order chi connectivity index (χ0) is 15.8. The number of hydrogen-bond acceptors (Lipinski definition) is 2. The summed E-state index contributed by atoms with van der Waals surface area (Å²) < 4.78 is 0. The molecule has 0 amide bonds. The van der Waals surface area contributed by atoms with Crippen LogP contribution in [0, 0.1) is 5.92 Å². The average molecular weight is 303 g/mol. The normalized spacial score (nSPS) is 26.3. The monoisotopic (exact) mass is 303 g/mol. The lowest BCUT2D eigenvalue weighted by Crippen LogP contribution is -2.37. The molecule has 3 atom stereocenters. The van der Waals surface area contributed by atoms with Crippen LogP contribution in [0.3, 0.4) is 0 Å². The highest BCUT2D eigenvalue weighted by Crippen LogP contribution is 2.47. The topological polar surface area (TPSA) is 40.7 Å². The van der Waals surface area contributed by atoms with Crippen LogP contribution in [0.1, 0.15) is 24.8 Å². The van der Waals surface area contributed by atoms with E-state index < -0.39 is 0 Å². The Bertz CT molecular complexity index is 838. The molecule has 2 aromatic rings. The zero-order valence-corrected chi connectivity index (χ0v) is 13.3. The molecule has 116 valence electrons. The molecule has 0 bridgehead atoms. The highest BCUT2D eigenvalue weighted by molar-refractivity contribution is 5.91. The SMILES string of the molecule is C=C/C=C(\C=C/C)C1Nc2c(cnc3cc[nH]c23)C2C=CCC12. The number of pyridine rings is 1. The second kappa shape index (κ2) is 5.58. The summed E-state index contributed by atoms with van der Waals surface area (Å²) in [7, 11) is 0. The number of rotatable bonds is 3. The molecule has 0 saturated heterocycles. The van der Waals surface area contributed by atoms with Crippen LogP contribution in [-0.4, -0.2) is 16.0 Å². The minimum absolute atomic E-state index is 0.283. The highest BCUT2D eigenvalue weighted by atomic mass is 15.0. The van der Waals surface area contributed by atoms with Gasteiger partial charge < -0.3 is 10.3 Å². The van der Waals surface area contributed by atoms with E-state index in [2.05, 4.69) is 59.2 Å². The van der Waals surface area contributed by atoms with Gasteiger partial charge in [0.15, 0.2) is 0 Å². The second-order valence-corrected chi connectivity index (χ2v) is 6.20. The summed E-state index contributed by atoms with van der Waals surface area (Å²) in [4.78, 5) is 7.95. The molecule has 0 saturated carbocycles. The summed E-state index contributed by atoms with van der Waals surface area (Å²) in [5, 5.41) is 3.79. The maximum atomic E-state index is 4.61. The standard InChI is InChI=1S/C20H21N3/c1-3-6-13(7-4-2)18-15-9-5-8-14(15)16-12-22-17-10-11-21-20(17)19(16)23-18/h3-8,10-12,14-15,18,21,23H,1,9H2,2H3/b7-4-,13-6+. The van der Waals surface area contributed by atoms with Crippen molar-refractivity contribution in [2.24, 2.45) is 5.92 Å². The smallest absolute Gasteiger partial charge is 0.0900 e. The molecule has 3 unspecified atom stereocenters. The van der Waals surface area contributed by atoms with Crippen molar-refractivity contribution in [3.05, 3.63) is 72.6 Å². The molecule has 4 rings (SSSR count). The van der Waals surface area contributed by atoms with Crippen molar-refractivity contribution in [3.63, 3.8) is 0 Å². The Morgan fingerprint density at radius 2 is 2.35 bits per heavy atom. The summed E-state index contributed by atoms with van der Waals surface area (Å²) in [6, 6.07) is 2.31. The maximum Gasteiger partial charge on any atom is 0.0900 e. The number of H-pyrrole nitrogens is 1. The van der Waals surface area contributed by atoms with Gasteiger partial charge in [-0.1, -0.05) is 43.0 Å². The van der Waals surface area contributed by atoms with Crippen molar-refractivity contribution < 1.29 is 0 Å². The van der Waals surface area contributed by atoms with Crippen LogP contribution >= 0.6 is 0 Å². The van der Waals surface area contributed by atoms with Crippen LogP contribution in [0.25, 0.3) is 11.0 Å². The summed E-state index contributed by atoms with van der Waals surface area (Å²) >= 11 is 0. The Morgan fingerprint density at radius 3 is 3.17 bits per heavy atom. The molecule has 3 nitrogen and oxygen atoms in total.